The lowest BCUT2D eigenvalue weighted by Crippen LogP contribution is -2.50. The third-order valence-corrected chi connectivity index (χ3v) is 7.32. The number of oxazole rings is 1. The monoisotopic (exact) mass is 469 g/mol. The van der Waals surface area contributed by atoms with Gasteiger partial charge in [0.25, 0.3) is 5.91 Å². The highest BCUT2D eigenvalue weighted by Gasteiger charge is 2.39. The van der Waals surface area contributed by atoms with Gasteiger partial charge in [-0.05, 0) is 49.3 Å². The second kappa shape index (κ2) is 8.73. The first-order chi connectivity index (χ1) is 17.1. The number of likely N-dealkylation sites (tertiary alicyclic amines) is 2. The molecule has 0 spiro atoms. The summed E-state index contributed by atoms with van der Waals surface area (Å²) in [5.74, 6) is 0.355. The van der Waals surface area contributed by atoms with Gasteiger partial charge in [0, 0.05) is 25.0 Å². The molecule has 2 amide bonds. The number of piperidine rings is 1. The van der Waals surface area contributed by atoms with Gasteiger partial charge < -0.3 is 19.3 Å². The lowest BCUT2D eigenvalue weighted by atomic mass is 9.97. The Morgan fingerprint density at radius 2 is 1.74 bits per heavy atom. The molecular weight excluding hydrogens is 442 g/mol. The fourth-order valence-corrected chi connectivity index (χ4v) is 5.50. The highest BCUT2D eigenvalue weighted by atomic mass is 16.3. The van der Waals surface area contributed by atoms with Gasteiger partial charge >= 0.3 is 0 Å². The molecule has 7 nitrogen and oxygen atoms in total. The molecule has 0 aliphatic carbocycles. The fourth-order valence-electron chi connectivity index (χ4n) is 5.50. The van der Waals surface area contributed by atoms with Crippen LogP contribution in [0, 0.1) is 0 Å². The molecule has 178 valence electrons. The number of amides is 2. The maximum Gasteiger partial charge on any atom is 0.258 e. The SMILES string of the molecule is O=C(C1CCCN1C(=O)c1ccc2ccccc2c1O)N1CCCC(c2nc3ccccc3o2)C1. The summed E-state index contributed by atoms with van der Waals surface area (Å²) < 4.78 is 5.99. The molecular formula is C28H27N3O4. The van der Waals surface area contributed by atoms with Crippen LogP contribution >= 0.6 is 0 Å². The quantitative estimate of drug-likeness (QED) is 0.470. The molecule has 0 saturated carbocycles. The van der Waals surface area contributed by atoms with Crippen LogP contribution in [0.15, 0.2) is 65.1 Å². The molecule has 2 atom stereocenters. The van der Waals surface area contributed by atoms with Crippen LogP contribution in [0.4, 0.5) is 0 Å². The summed E-state index contributed by atoms with van der Waals surface area (Å²) in [7, 11) is 0. The van der Waals surface area contributed by atoms with Crippen molar-refractivity contribution in [2.45, 2.75) is 37.6 Å². The number of hydrogen-bond donors (Lipinski definition) is 1. The van der Waals surface area contributed by atoms with Crippen molar-refractivity contribution >= 4 is 33.7 Å². The Kier molecular flexibility index (Phi) is 5.40. The Morgan fingerprint density at radius 1 is 0.943 bits per heavy atom. The zero-order chi connectivity index (χ0) is 23.9. The molecule has 2 aliphatic rings. The molecule has 35 heavy (non-hydrogen) atoms. The van der Waals surface area contributed by atoms with Crippen LogP contribution < -0.4 is 0 Å². The Balaban J connectivity index is 1.22. The van der Waals surface area contributed by atoms with Gasteiger partial charge in [0.2, 0.25) is 5.91 Å². The normalized spacial score (nSPS) is 20.6. The van der Waals surface area contributed by atoms with Crippen molar-refractivity contribution in [2.24, 2.45) is 0 Å². The molecule has 3 heterocycles. The summed E-state index contributed by atoms with van der Waals surface area (Å²) in [5, 5.41) is 12.3. The lowest BCUT2D eigenvalue weighted by molar-refractivity contribution is -0.136. The first-order valence-corrected chi connectivity index (χ1v) is 12.3. The number of carbonyl (C=O) groups excluding carboxylic acids is 2. The Hall–Kier alpha value is -3.87. The van der Waals surface area contributed by atoms with Gasteiger partial charge in [0.1, 0.15) is 17.3 Å². The Labute approximate surface area is 203 Å². The molecule has 3 aromatic carbocycles. The molecule has 0 radical (unpaired) electrons. The molecule has 2 aliphatic heterocycles. The minimum Gasteiger partial charge on any atom is -0.506 e. The standard InChI is InChI=1S/C28H27N3O4/c32-25-20-9-2-1-7-18(20)13-14-21(25)27(33)31-16-6-11-23(31)28(34)30-15-5-8-19(17-30)26-29-22-10-3-4-12-24(22)35-26/h1-4,7,9-10,12-14,19,23,32H,5-6,8,11,15-17H2. The van der Waals surface area contributed by atoms with Crippen molar-refractivity contribution in [2.75, 3.05) is 19.6 Å². The zero-order valence-electron chi connectivity index (χ0n) is 19.4. The van der Waals surface area contributed by atoms with E-state index in [0.717, 1.165) is 35.7 Å². The number of para-hydroxylation sites is 2. The van der Waals surface area contributed by atoms with Crippen molar-refractivity contribution in [3.63, 3.8) is 0 Å². The Bertz CT molecular complexity index is 1400. The van der Waals surface area contributed by atoms with E-state index in [2.05, 4.69) is 4.98 Å². The molecule has 2 fully saturated rings. The molecule has 4 aromatic rings. The summed E-state index contributed by atoms with van der Waals surface area (Å²) in [5.41, 5.74) is 1.83. The molecule has 0 bridgehead atoms. The first-order valence-electron chi connectivity index (χ1n) is 12.3. The number of aromatic hydroxyl groups is 1. The number of benzene rings is 3. The predicted octanol–water partition coefficient (Wildman–Crippen LogP) is 4.70. The van der Waals surface area contributed by atoms with E-state index in [0.29, 0.717) is 37.3 Å². The second-order valence-corrected chi connectivity index (χ2v) is 9.48. The predicted molar refractivity (Wildman–Crippen MR) is 132 cm³/mol. The van der Waals surface area contributed by atoms with E-state index >= 15 is 0 Å². The maximum absolute atomic E-state index is 13.6. The van der Waals surface area contributed by atoms with E-state index in [9.17, 15) is 14.7 Å². The second-order valence-electron chi connectivity index (χ2n) is 9.48. The highest BCUT2D eigenvalue weighted by molar-refractivity contribution is 6.05. The van der Waals surface area contributed by atoms with Gasteiger partial charge in [-0.25, -0.2) is 4.98 Å². The minimum absolute atomic E-state index is 0.0276. The summed E-state index contributed by atoms with van der Waals surface area (Å²) in [6.45, 7) is 1.70. The molecule has 1 N–H and O–H groups in total. The van der Waals surface area contributed by atoms with Crippen molar-refractivity contribution in [1.82, 2.24) is 14.8 Å². The summed E-state index contributed by atoms with van der Waals surface area (Å²) in [6.07, 6.45) is 3.16. The van der Waals surface area contributed by atoms with E-state index in [1.807, 2.05) is 53.4 Å². The third kappa shape index (κ3) is 3.81. The van der Waals surface area contributed by atoms with Crippen LogP contribution in [0.5, 0.6) is 5.75 Å². The van der Waals surface area contributed by atoms with Crippen LogP contribution in [0.25, 0.3) is 21.9 Å². The topological polar surface area (TPSA) is 86.9 Å². The molecule has 6 rings (SSSR count). The summed E-state index contributed by atoms with van der Waals surface area (Å²) >= 11 is 0. The summed E-state index contributed by atoms with van der Waals surface area (Å²) in [4.78, 5) is 35.2. The van der Waals surface area contributed by atoms with Gasteiger partial charge in [0.05, 0.1) is 11.5 Å². The fraction of sp³-hybridized carbons (Fsp3) is 0.321. The number of rotatable bonds is 3. The van der Waals surface area contributed by atoms with Crippen molar-refractivity contribution in [1.29, 1.82) is 0 Å². The number of phenols is 1. The molecule has 2 unspecified atom stereocenters. The third-order valence-electron chi connectivity index (χ3n) is 7.32. The number of carbonyl (C=O) groups is 2. The van der Waals surface area contributed by atoms with Gasteiger partial charge in [-0.1, -0.05) is 42.5 Å². The van der Waals surface area contributed by atoms with E-state index in [-0.39, 0.29) is 29.0 Å². The number of hydrogen-bond acceptors (Lipinski definition) is 5. The van der Waals surface area contributed by atoms with Crippen LogP contribution in [-0.4, -0.2) is 57.4 Å². The van der Waals surface area contributed by atoms with Gasteiger partial charge in [0.15, 0.2) is 11.5 Å². The van der Waals surface area contributed by atoms with Crippen molar-refractivity contribution < 1.29 is 19.1 Å². The first kappa shape index (κ1) is 21.6. The number of fused-ring (bicyclic) bond motifs is 2. The van der Waals surface area contributed by atoms with E-state index in [1.54, 1.807) is 17.0 Å². The molecule has 7 heteroatoms. The number of nitrogens with zero attached hydrogens (tertiary/aromatic N) is 3. The average Bonchev–Trinajstić information content (AvgIpc) is 3.56. The van der Waals surface area contributed by atoms with Crippen LogP contribution in [0.3, 0.4) is 0 Å². The average molecular weight is 470 g/mol. The molecule has 2 saturated heterocycles. The largest absolute Gasteiger partial charge is 0.506 e. The number of phenolic OH excluding ortho intramolecular Hbond substituents is 1. The van der Waals surface area contributed by atoms with Gasteiger partial charge in [-0.2, -0.15) is 0 Å². The summed E-state index contributed by atoms with van der Waals surface area (Å²) in [6, 6.07) is 18.1. The van der Waals surface area contributed by atoms with Gasteiger partial charge in [-0.15, -0.1) is 0 Å². The smallest absolute Gasteiger partial charge is 0.258 e. The highest BCUT2D eigenvalue weighted by Crippen LogP contribution is 2.33. The zero-order valence-corrected chi connectivity index (χ0v) is 19.4. The van der Waals surface area contributed by atoms with Crippen LogP contribution in [-0.2, 0) is 4.79 Å². The van der Waals surface area contributed by atoms with Crippen molar-refractivity contribution in [3.05, 3.63) is 72.1 Å². The van der Waals surface area contributed by atoms with Gasteiger partial charge in [-0.3, -0.25) is 9.59 Å². The van der Waals surface area contributed by atoms with Crippen molar-refractivity contribution in [3.8, 4) is 5.75 Å². The minimum atomic E-state index is -0.518. The lowest BCUT2D eigenvalue weighted by Gasteiger charge is -2.35. The van der Waals surface area contributed by atoms with E-state index in [4.69, 9.17) is 4.42 Å². The number of aromatic nitrogens is 1. The van der Waals surface area contributed by atoms with E-state index in [1.165, 1.54) is 0 Å². The molecule has 1 aromatic heterocycles. The van der Waals surface area contributed by atoms with Crippen LogP contribution in [0.2, 0.25) is 0 Å². The van der Waals surface area contributed by atoms with Crippen LogP contribution in [0.1, 0.15) is 47.8 Å². The Morgan fingerprint density at radius 3 is 2.63 bits per heavy atom. The van der Waals surface area contributed by atoms with E-state index < -0.39 is 6.04 Å². The maximum atomic E-state index is 13.6.